The van der Waals surface area contributed by atoms with Crippen LogP contribution < -0.4 is 29.6 Å². The minimum absolute atomic E-state index is 0. The molecular formula is C12H25Na. The molecule has 13 heavy (non-hydrogen) atoms. The Balaban J connectivity index is 0. The third-order valence-electron chi connectivity index (χ3n) is 2.25. The van der Waals surface area contributed by atoms with Gasteiger partial charge in [0.25, 0.3) is 0 Å². The number of hydrogen-bond donors (Lipinski definition) is 0. The minimum Gasteiger partial charge on any atom is -0.328 e. The second-order valence-corrected chi connectivity index (χ2v) is 3.63. The summed E-state index contributed by atoms with van der Waals surface area (Å²) in [6, 6.07) is 0. The summed E-state index contributed by atoms with van der Waals surface area (Å²) in [7, 11) is 0. The molecule has 0 N–H and O–H groups in total. The van der Waals surface area contributed by atoms with Crippen molar-refractivity contribution in [1.29, 1.82) is 0 Å². The van der Waals surface area contributed by atoms with Crippen LogP contribution in [0.25, 0.3) is 0 Å². The van der Waals surface area contributed by atoms with E-state index in [0.29, 0.717) is 0 Å². The smallest absolute Gasteiger partial charge is 0.328 e. The number of rotatable bonds is 9. The quantitative estimate of drug-likeness (QED) is 0.296. The van der Waals surface area contributed by atoms with Crippen molar-refractivity contribution in [3.05, 3.63) is 6.42 Å². The van der Waals surface area contributed by atoms with E-state index in [1.165, 1.54) is 57.8 Å². The molecular weight excluding hydrogens is 167 g/mol. The van der Waals surface area contributed by atoms with E-state index in [0.717, 1.165) is 0 Å². The largest absolute Gasteiger partial charge is 1.00 e. The van der Waals surface area contributed by atoms with Crippen LogP contribution in [-0.4, -0.2) is 0 Å². The van der Waals surface area contributed by atoms with Gasteiger partial charge in [-0.1, -0.05) is 58.8 Å². The average Bonchev–Trinajstić information content (AvgIpc) is 2.10. The number of hydrogen-bond acceptors (Lipinski definition) is 0. The first kappa shape index (κ1) is 16.4. The first-order valence-corrected chi connectivity index (χ1v) is 5.73. The predicted octanol–water partition coefficient (Wildman–Crippen LogP) is 1.75. The molecule has 74 valence electrons. The summed E-state index contributed by atoms with van der Waals surface area (Å²) in [5, 5.41) is 0. The van der Waals surface area contributed by atoms with Crippen LogP contribution in [0.3, 0.4) is 0 Å². The maximum atomic E-state index is 2.44. The zero-order valence-electron chi connectivity index (χ0n) is 9.94. The fraction of sp³-hybridized carbons (Fsp3) is 0.917. The van der Waals surface area contributed by atoms with Crippen molar-refractivity contribution in [3.63, 3.8) is 0 Å². The van der Waals surface area contributed by atoms with Crippen LogP contribution in [0.15, 0.2) is 0 Å². The Bertz CT molecular complexity index is 61.5. The van der Waals surface area contributed by atoms with Crippen LogP contribution in [0.5, 0.6) is 0 Å². The summed E-state index contributed by atoms with van der Waals surface area (Å²) in [4.78, 5) is 0. The van der Waals surface area contributed by atoms with Crippen molar-refractivity contribution in [3.8, 4) is 0 Å². The topological polar surface area (TPSA) is 0 Å². The molecule has 0 unspecified atom stereocenters. The summed E-state index contributed by atoms with van der Waals surface area (Å²) in [5.74, 6) is 0. The Hall–Kier alpha value is 1.00. The van der Waals surface area contributed by atoms with E-state index in [4.69, 9.17) is 0 Å². The molecule has 0 atom stereocenters. The summed E-state index contributed by atoms with van der Waals surface area (Å²) in [6.45, 7) is 4.52. The summed E-state index contributed by atoms with van der Waals surface area (Å²) in [6.07, 6.45) is 15.0. The molecule has 0 heterocycles. The fourth-order valence-corrected chi connectivity index (χ4v) is 1.42. The van der Waals surface area contributed by atoms with E-state index in [9.17, 15) is 0 Å². The zero-order chi connectivity index (χ0) is 9.07. The normalized spacial score (nSPS) is 9.69. The van der Waals surface area contributed by atoms with Gasteiger partial charge in [0, 0.05) is 0 Å². The second-order valence-electron chi connectivity index (χ2n) is 3.63. The molecule has 0 nitrogen and oxygen atoms in total. The van der Waals surface area contributed by atoms with E-state index in [-0.39, 0.29) is 29.6 Å². The molecule has 0 aliphatic carbocycles. The van der Waals surface area contributed by atoms with Gasteiger partial charge in [0.2, 0.25) is 0 Å². The SMILES string of the molecule is CCC[CH-]CCCCCCCC.[Na+]. The minimum atomic E-state index is 0. The maximum absolute atomic E-state index is 2.44. The Morgan fingerprint density at radius 2 is 1.31 bits per heavy atom. The molecule has 0 saturated carbocycles. The van der Waals surface area contributed by atoms with E-state index in [2.05, 4.69) is 20.3 Å². The van der Waals surface area contributed by atoms with Crippen LogP contribution in [0.1, 0.15) is 71.6 Å². The second kappa shape index (κ2) is 15.5. The van der Waals surface area contributed by atoms with Crippen LogP contribution >= 0.6 is 0 Å². The molecule has 0 fully saturated rings. The average molecular weight is 192 g/mol. The van der Waals surface area contributed by atoms with Crippen LogP contribution in [-0.2, 0) is 0 Å². The summed E-state index contributed by atoms with van der Waals surface area (Å²) in [5.41, 5.74) is 0. The maximum Gasteiger partial charge on any atom is 1.00 e. The van der Waals surface area contributed by atoms with Crippen molar-refractivity contribution >= 4 is 0 Å². The van der Waals surface area contributed by atoms with Gasteiger partial charge >= 0.3 is 29.6 Å². The number of unbranched alkanes of at least 4 members (excludes halogenated alkanes) is 9. The van der Waals surface area contributed by atoms with Gasteiger partial charge in [-0.25, -0.2) is 0 Å². The Labute approximate surface area is 107 Å². The summed E-state index contributed by atoms with van der Waals surface area (Å²) >= 11 is 0. The standard InChI is InChI=1S/C12H25.Na/c1-3-5-7-9-11-12-10-8-6-4-2;/h7H,3-6,8-12H2,1-2H3;/q-1;+1. The van der Waals surface area contributed by atoms with Gasteiger partial charge in [-0.05, 0) is 0 Å². The fourth-order valence-electron chi connectivity index (χ4n) is 1.42. The first-order valence-electron chi connectivity index (χ1n) is 5.73. The van der Waals surface area contributed by atoms with Gasteiger partial charge in [-0.3, -0.25) is 0 Å². The van der Waals surface area contributed by atoms with Gasteiger partial charge in [0.15, 0.2) is 0 Å². The molecule has 0 spiro atoms. The molecule has 0 radical (unpaired) electrons. The van der Waals surface area contributed by atoms with Crippen LogP contribution in [0, 0.1) is 6.42 Å². The van der Waals surface area contributed by atoms with Crippen molar-refractivity contribution in [1.82, 2.24) is 0 Å². The molecule has 0 aromatic carbocycles. The van der Waals surface area contributed by atoms with Gasteiger partial charge in [-0.2, -0.15) is 12.8 Å². The Morgan fingerprint density at radius 1 is 0.692 bits per heavy atom. The van der Waals surface area contributed by atoms with E-state index < -0.39 is 0 Å². The molecule has 0 saturated heterocycles. The van der Waals surface area contributed by atoms with Crippen molar-refractivity contribution < 1.29 is 29.6 Å². The molecule has 1 heteroatoms. The van der Waals surface area contributed by atoms with E-state index >= 15 is 0 Å². The van der Waals surface area contributed by atoms with Gasteiger partial charge < -0.3 is 6.42 Å². The molecule has 0 aromatic rings. The third-order valence-corrected chi connectivity index (χ3v) is 2.25. The zero-order valence-corrected chi connectivity index (χ0v) is 11.9. The third kappa shape index (κ3) is 15.7. The first-order chi connectivity index (χ1) is 5.91. The van der Waals surface area contributed by atoms with Crippen LogP contribution in [0.2, 0.25) is 0 Å². The molecule has 0 rings (SSSR count). The van der Waals surface area contributed by atoms with E-state index in [1.54, 1.807) is 0 Å². The Kier molecular flexibility index (Phi) is 19.6. The summed E-state index contributed by atoms with van der Waals surface area (Å²) < 4.78 is 0. The molecule has 0 amide bonds. The monoisotopic (exact) mass is 192 g/mol. The van der Waals surface area contributed by atoms with Gasteiger partial charge in [0.1, 0.15) is 0 Å². The van der Waals surface area contributed by atoms with Gasteiger partial charge in [0.05, 0.1) is 0 Å². The van der Waals surface area contributed by atoms with Crippen molar-refractivity contribution in [2.45, 2.75) is 71.6 Å². The molecule has 0 aliphatic heterocycles. The molecule has 0 aliphatic rings. The van der Waals surface area contributed by atoms with Crippen molar-refractivity contribution in [2.75, 3.05) is 0 Å². The Morgan fingerprint density at radius 3 is 1.92 bits per heavy atom. The predicted molar refractivity (Wildman–Crippen MR) is 57.2 cm³/mol. The van der Waals surface area contributed by atoms with E-state index in [1.807, 2.05) is 0 Å². The van der Waals surface area contributed by atoms with Crippen LogP contribution in [0.4, 0.5) is 0 Å². The molecule has 0 aromatic heterocycles. The molecule has 0 bridgehead atoms. The van der Waals surface area contributed by atoms with Gasteiger partial charge in [-0.15, -0.1) is 0 Å². The van der Waals surface area contributed by atoms with Crippen molar-refractivity contribution in [2.24, 2.45) is 0 Å².